The van der Waals surface area contributed by atoms with Crippen molar-refractivity contribution in [3.05, 3.63) is 36.2 Å². The van der Waals surface area contributed by atoms with Gasteiger partial charge in [0.05, 0.1) is 11.4 Å². The van der Waals surface area contributed by atoms with Crippen LogP contribution < -0.4 is 0 Å². The number of hydrogen-bond acceptors (Lipinski definition) is 4. The summed E-state index contributed by atoms with van der Waals surface area (Å²) in [5.74, 6) is 1.84. The summed E-state index contributed by atoms with van der Waals surface area (Å²) in [4.78, 5) is 0. The Kier molecular flexibility index (Phi) is 4.13. The van der Waals surface area contributed by atoms with Gasteiger partial charge in [-0.05, 0) is 35.4 Å². The lowest BCUT2D eigenvalue weighted by Crippen LogP contribution is -2.10. The fourth-order valence-electron chi connectivity index (χ4n) is 2.49. The maximum Gasteiger partial charge on any atom is 0.166 e. The van der Waals surface area contributed by atoms with Crippen LogP contribution in [0.2, 0.25) is 0 Å². The molecule has 0 N–H and O–H groups in total. The van der Waals surface area contributed by atoms with Crippen LogP contribution >= 0.6 is 11.8 Å². The molecule has 5 heteroatoms. The molecule has 2 aromatic rings. The van der Waals surface area contributed by atoms with E-state index < -0.39 is 0 Å². The van der Waals surface area contributed by atoms with Crippen molar-refractivity contribution in [2.24, 2.45) is 0 Å². The van der Waals surface area contributed by atoms with Gasteiger partial charge in [-0.15, -0.1) is 5.10 Å². The Labute approximate surface area is 117 Å². The standard InChI is InChI=1S/C14H18N4S/c1-3-7-12(8-4-1)18-14(15-16-17-18)11-19-13-9-5-2-6-10-13/h1,3-4,7-8,13H,2,5-6,9-11H2. The summed E-state index contributed by atoms with van der Waals surface area (Å²) in [7, 11) is 0. The molecule has 3 rings (SSSR count). The first kappa shape index (κ1) is 12.7. The number of nitrogens with zero attached hydrogens (tertiary/aromatic N) is 4. The van der Waals surface area contributed by atoms with Crippen molar-refractivity contribution in [3.63, 3.8) is 0 Å². The number of rotatable bonds is 4. The first-order valence-electron chi connectivity index (χ1n) is 6.88. The van der Waals surface area contributed by atoms with Gasteiger partial charge in [-0.25, -0.2) is 0 Å². The second-order valence-electron chi connectivity index (χ2n) is 4.91. The van der Waals surface area contributed by atoms with E-state index in [2.05, 4.69) is 15.5 Å². The van der Waals surface area contributed by atoms with Crippen molar-refractivity contribution in [1.29, 1.82) is 0 Å². The molecule has 0 unspecified atom stereocenters. The summed E-state index contributed by atoms with van der Waals surface area (Å²) in [5, 5.41) is 12.8. The fourth-order valence-corrected chi connectivity index (χ4v) is 3.72. The van der Waals surface area contributed by atoms with Gasteiger partial charge in [-0.2, -0.15) is 16.4 Å². The minimum atomic E-state index is 0.787. The number of para-hydroxylation sites is 1. The van der Waals surface area contributed by atoms with Gasteiger partial charge in [0.15, 0.2) is 5.82 Å². The summed E-state index contributed by atoms with van der Waals surface area (Å²) in [6.07, 6.45) is 6.84. The molecular formula is C14H18N4S. The van der Waals surface area contributed by atoms with Crippen LogP contribution in [0.1, 0.15) is 37.9 Å². The Morgan fingerprint density at radius 1 is 1.11 bits per heavy atom. The quantitative estimate of drug-likeness (QED) is 0.858. The van der Waals surface area contributed by atoms with Crippen molar-refractivity contribution in [3.8, 4) is 5.69 Å². The maximum atomic E-state index is 4.16. The summed E-state index contributed by atoms with van der Waals surface area (Å²) < 4.78 is 1.84. The van der Waals surface area contributed by atoms with Gasteiger partial charge in [0.2, 0.25) is 0 Å². The van der Waals surface area contributed by atoms with E-state index in [0.29, 0.717) is 0 Å². The van der Waals surface area contributed by atoms with Gasteiger partial charge in [0.1, 0.15) is 0 Å². The molecule has 1 aromatic heterocycles. The van der Waals surface area contributed by atoms with Gasteiger partial charge in [0, 0.05) is 5.25 Å². The SMILES string of the molecule is c1ccc(-n2nnnc2CSC2CCCCC2)cc1. The largest absolute Gasteiger partial charge is 0.196 e. The van der Waals surface area contributed by atoms with E-state index in [4.69, 9.17) is 0 Å². The number of thioether (sulfide) groups is 1. The number of tetrazole rings is 1. The van der Waals surface area contributed by atoms with Crippen molar-refractivity contribution in [2.45, 2.75) is 43.1 Å². The molecule has 1 aliphatic carbocycles. The lowest BCUT2D eigenvalue weighted by Gasteiger charge is -2.20. The zero-order chi connectivity index (χ0) is 12.9. The molecule has 1 fully saturated rings. The molecular weight excluding hydrogens is 256 g/mol. The molecule has 0 spiro atoms. The van der Waals surface area contributed by atoms with Gasteiger partial charge in [-0.3, -0.25) is 0 Å². The van der Waals surface area contributed by atoms with Crippen LogP contribution in [0.15, 0.2) is 30.3 Å². The van der Waals surface area contributed by atoms with Crippen LogP contribution in [0.4, 0.5) is 0 Å². The Balaban J connectivity index is 1.67. The zero-order valence-corrected chi connectivity index (χ0v) is 11.7. The third-order valence-corrected chi connectivity index (χ3v) is 4.90. The second kappa shape index (κ2) is 6.19. The van der Waals surface area contributed by atoms with E-state index in [1.54, 1.807) is 0 Å². The van der Waals surface area contributed by atoms with Crippen molar-refractivity contribution in [2.75, 3.05) is 0 Å². The average Bonchev–Trinajstić information content (AvgIpc) is 2.95. The molecule has 0 radical (unpaired) electrons. The highest BCUT2D eigenvalue weighted by Crippen LogP contribution is 2.30. The first-order chi connectivity index (χ1) is 9.43. The number of hydrogen-bond donors (Lipinski definition) is 0. The topological polar surface area (TPSA) is 43.6 Å². The second-order valence-corrected chi connectivity index (χ2v) is 6.20. The van der Waals surface area contributed by atoms with Gasteiger partial charge in [0.25, 0.3) is 0 Å². The summed E-state index contributed by atoms with van der Waals surface area (Å²) in [6, 6.07) is 10.1. The normalized spacial score (nSPS) is 16.6. The maximum absolute atomic E-state index is 4.16. The van der Waals surface area contributed by atoms with Gasteiger partial charge in [-0.1, -0.05) is 37.5 Å². The highest BCUT2D eigenvalue weighted by molar-refractivity contribution is 7.99. The Bertz CT molecular complexity index is 505. The summed E-state index contributed by atoms with van der Waals surface area (Å²) in [6.45, 7) is 0. The van der Waals surface area contributed by atoms with E-state index in [1.807, 2.05) is 46.8 Å². The highest BCUT2D eigenvalue weighted by atomic mass is 32.2. The van der Waals surface area contributed by atoms with Crippen LogP contribution in [0.5, 0.6) is 0 Å². The van der Waals surface area contributed by atoms with Crippen molar-refractivity contribution in [1.82, 2.24) is 20.2 Å². The Morgan fingerprint density at radius 2 is 1.89 bits per heavy atom. The molecule has 19 heavy (non-hydrogen) atoms. The monoisotopic (exact) mass is 274 g/mol. The predicted octanol–water partition coefficient (Wildman–Crippen LogP) is 3.23. The van der Waals surface area contributed by atoms with E-state index in [0.717, 1.165) is 22.5 Å². The van der Waals surface area contributed by atoms with E-state index >= 15 is 0 Å². The van der Waals surface area contributed by atoms with E-state index in [-0.39, 0.29) is 0 Å². The zero-order valence-electron chi connectivity index (χ0n) is 10.9. The molecule has 1 heterocycles. The smallest absolute Gasteiger partial charge is 0.166 e. The van der Waals surface area contributed by atoms with Crippen molar-refractivity contribution >= 4 is 11.8 Å². The van der Waals surface area contributed by atoms with Crippen LogP contribution in [0.3, 0.4) is 0 Å². The number of aromatic nitrogens is 4. The lowest BCUT2D eigenvalue weighted by molar-refractivity contribution is 0.516. The predicted molar refractivity (Wildman–Crippen MR) is 77.3 cm³/mol. The molecule has 1 saturated carbocycles. The third-order valence-electron chi connectivity index (χ3n) is 3.54. The fraction of sp³-hybridized carbons (Fsp3) is 0.500. The molecule has 100 valence electrons. The molecule has 0 aliphatic heterocycles. The Hall–Kier alpha value is -1.36. The molecule has 4 nitrogen and oxygen atoms in total. The lowest BCUT2D eigenvalue weighted by atomic mass is 10.0. The molecule has 1 aliphatic rings. The van der Waals surface area contributed by atoms with Gasteiger partial charge >= 0.3 is 0 Å². The summed E-state index contributed by atoms with van der Waals surface area (Å²) >= 11 is 2.00. The van der Waals surface area contributed by atoms with Crippen LogP contribution in [-0.4, -0.2) is 25.5 Å². The molecule has 0 atom stereocenters. The van der Waals surface area contributed by atoms with Crippen LogP contribution in [0, 0.1) is 0 Å². The van der Waals surface area contributed by atoms with E-state index in [1.165, 1.54) is 32.1 Å². The molecule has 0 bridgehead atoms. The number of benzene rings is 1. The molecule has 0 saturated heterocycles. The van der Waals surface area contributed by atoms with Crippen LogP contribution in [0.25, 0.3) is 5.69 Å². The Morgan fingerprint density at radius 3 is 2.68 bits per heavy atom. The minimum absolute atomic E-state index is 0.787. The molecule has 0 amide bonds. The van der Waals surface area contributed by atoms with Crippen LogP contribution in [-0.2, 0) is 5.75 Å². The van der Waals surface area contributed by atoms with Crippen molar-refractivity contribution < 1.29 is 0 Å². The third kappa shape index (κ3) is 3.15. The highest BCUT2D eigenvalue weighted by Gasteiger charge is 2.16. The van der Waals surface area contributed by atoms with E-state index in [9.17, 15) is 0 Å². The minimum Gasteiger partial charge on any atom is -0.196 e. The summed E-state index contributed by atoms with van der Waals surface area (Å²) in [5.41, 5.74) is 1.03. The average molecular weight is 274 g/mol. The first-order valence-corrected chi connectivity index (χ1v) is 7.92. The molecule has 1 aromatic carbocycles. The van der Waals surface area contributed by atoms with Gasteiger partial charge < -0.3 is 0 Å².